The molecule has 0 bridgehead atoms. The maximum Gasteiger partial charge on any atom is 0.133 e. The molecule has 1 fully saturated rings. The molecule has 0 aliphatic heterocycles. The number of ketones is 1. The molecule has 0 radical (unpaired) electrons. The zero-order valence-electron chi connectivity index (χ0n) is 5.34. The third kappa shape index (κ3) is 0.716. The zero-order valence-corrected chi connectivity index (χ0v) is 5.34. The van der Waals surface area contributed by atoms with Gasteiger partial charge in [-0.15, -0.1) is 0 Å². The van der Waals surface area contributed by atoms with Gasteiger partial charge in [-0.2, -0.15) is 0 Å². The molecule has 1 saturated carbocycles. The number of carbonyl (C=O) groups excluding carboxylic acids is 1. The highest BCUT2D eigenvalue weighted by Crippen LogP contribution is 2.37. The molecule has 0 heterocycles. The summed E-state index contributed by atoms with van der Waals surface area (Å²) in [6.45, 7) is 0. The van der Waals surface area contributed by atoms with E-state index in [0.717, 1.165) is 19.3 Å². The second-order valence-electron chi connectivity index (χ2n) is 3.03. The molecule has 2 rings (SSSR count). The molecule has 1 nitrogen and oxygen atoms in total. The van der Waals surface area contributed by atoms with Crippen LogP contribution < -0.4 is 0 Å². The van der Waals surface area contributed by atoms with Crippen LogP contribution in [0.15, 0.2) is 12.2 Å². The number of rotatable bonds is 0. The second kappa shape index (κ2) is 1.69. The van der Waals surface area contributed by atoms with Crippen LogP contribution in [0.1, 0.15) is 19.3 Å². The smallest absolute Gasteiger partial charge is 0.133 e. The van der Waals surface area contributed by atoms with Gasteiger partial charge in [-0.3, -0.25) is 4.79 Å². The van der Waals surface area contributed by atoms with Crippen molar-refractivity contribution in [3.8, 4) is 0 Å². The standard InChI is InChI=1S/C8H10O/c9-8-4-6-2-1-3-7(6)5-8/h1-2,6-7H,3-5H2. The molecular formula is C8H10O. The maximum absolute atomic E-state index is 10.8. The van der Waals surface area contributed by atoms with Crippen molar-refractivity contribution < 1.29 is 4.79 Å². The molecule has 2 atom stereocenters. The minimum absolute atomic E-state index is 0.467. The van der Waals surface area contributed by atoms with Crippen LogP contribution in [-0.2, 0) is 4.79 Å². The third-order valence-electron chi connectivity index (χ3n) is 2.38. The average molecular weight is 122 g/mol. The summed E-state index contributed by atoms with van der Waals surface area (Å²) < 4.78 is 0. The summed E-state index contributed by atoms with van der Waals surface area (Å²) in [5.74, 6) is 1.78. The van der Waals surface area contributed by atoms with Crippen LogP contribution in [0.5, 0.6) is 0 Å². The summed E-state index contributed by atoms with van der Waals surface area (Å²) in [7, 11) is 0. The number of carbonyl (C=O) groups is 1. The van der Waals surface area contributed by atoms with Gasteiger partial charge in [-0.05, 0) is 18.3 Å². The summed E-state index contributed by atoms with van der Waals surface area (Å²) in [6, 6.07) is 0. The van der Waals surface area contributed by atoms with E-state index in [0.29, 0.717) is 17.6 Å². The number of hydrogen-bond acceptors (Lipinski definition) is 1. The lowest BCUT2D eigenvalue weighted by Crippen LogP contribution is -1.96. The summed E-state index contributed by atoms with van der Waals surface area (Å²) in [5.41, 5.74) is 0. The fraction of sp³-hybridized carbons (Fsp3) is 0.625. The van der Waals surface area contributed by atoms with E-state index in [1.807, 2.05) is 0 Å². The van der Waals surface area contributed by atoms with Crippen LogP contribution in [0.4, 0.5) is 0 Å². The van der Waals surface area contributed by atoms with Crippen molar-refractivity contribution in [2.45, 2.75) is 19.3 Å². The van der Waals surface area contributed by atoms with E-state index in [2.05, 4.69) is 12.2 Å². The predicted molar refractivity (Wildman–Crippen MR) is 35.0 cm³/mol. The van der Waals surface area contributed by atoms with Gasteiger partial charge in [0.15, 0.2) is 0 Å². The van der Waals surface area contributed by atoms with Crippen molar-refractivity contribution in [1.82, 2.24) is 0 Å². The quantitative estimate of drug-likeness (QED) is 0.445. The van der Waals surface area contributed by atoms with Gasteiger partial charge in [0, 0.05) is 12.8 Å². The Balaban J connectivity index is 2.17. The Morgan fingerprint density at radius 2 is 2.33 bits per heavy atom. The van der Waals surface area contributed by atoms with E-state index in [1.165, 1.54) is 0 Å². The predicted octanol–water partition coefficient (Wildman–Crippen LogP) is 1.54. The fourth-order valence-corrected chi connectivity index (χ4v) is 1.87. The van der Waals surface area contributed by atoms with Crippen molar-refractivity contribution in [1.29, 1.82) is 0 Å². The minimum Gasteiger partial charge on any atom is -0.300 e. The number of Topliss-reactive ketones (excluding diaryl/α,β-unsaturated/α-hetero) is 1. The summed E-state index contributed by atoms with van der Waals surface area (Å²) in [6.07, 6.45) is 7.23. The highest BCUT2D eigenvalue weighted by Gasteiger charge is 2.32. The van der Waals surface area contributed by atoms with Crippen LogP contribution in [0.3, 0.4) is 0 Å². The van der Waals surface area contributed by atoms with Gasteiger partial charge in [0.05, 0.1) is 0 Å². The molecule has 0 N–H and O–H groups in total. The number of hydrogen-bond donors (Lipinski definition) is 0. The number of fused-ring (bicyclic) bond motifs is 1. The molecule has 2 aliphatic carbocycles. The Morgan fingerprint density at radius 3 is 3.11 bits per heavy atom. The normalized spacial score (nSPS) is 39.8. The lowest BCUT2D eigenvalue weighted by atomic mass is 10.0. The number of allylic oxidation sites excluding steroid dienone is 2. The van der Waals surface area contributed by atoms with Crippen LogP contribution in [-0.4, -0.2) is 5.78 Å². The van der Waals surface area contributed by atoms with Gasteiger partial charge in [-0.25, -0.2) is 0 Å². The molecule has 0 aromatic heterocycles. The van der Waals surface area contributed by atoms with Crippen molar-refractivity contribution in [3.05, 3.63) is 12.2 Å². The largest absolute Gasteiger partial charge is 0.300 e. The Labute approximate surface area is 54.8 Å². The van der Waals surface area contributed by atoms with Gasteiger partial charge in [0.1, 0.15) is 5.78 Å². The van der Waals surface area contributed by atoms with E-state index in [9.17, 15) is 4.79 Å². The second-order valence-corrected chi connectivity index (χ2v) is 3.03. The van der Waals surface area contributed by atoms with Crippen LogP contribution in [0.2, 0.25) is 0 Å². The molecule has 2 unspecified atom stereocenters. The molecule has 48 valence electrons. The fourth-order valence-electron chi connectivity index (χ4n) is 1.87. The Kier molecular flexibility index (Phi) is 0.981. The lowest BCUT2D eigenvalue weighted by Gasteiger charge is -2.03. The van der Waals surface area contributed by atoms with E-state index < -0.39 is 0 Å². The first kappa shape index (κ1) is 5.21. The van der Waals surface area contributed by atoms with Crippen LogP contribution in [0.25, 0.3) is 0 Å². The average Bonchev–Trinajstić information content (AvgIpc) is 2.22. The summed E-state index contributed by atoms with van der Waals surface area (Å²) in [4.78, 5) is 10.8. The SMILES string of the molecule is O=C1CC2C=CCC2C1. The molecule has 0 spiro atoms. The Bertz CT molecular complexity index is 169. The van der Waals surface area contributed by atoms with E-state index >= 15 is 0 Å². The highest BCUT2D eigenvalue weighted by molar-refractivity contribution is 5.81. The van der Waals surface area contributed by atoms with Gasteiger partial charge in [0.2, 0.25) is 0 Å². The van der Waals surface area contributed by atoms with E-state index in [-0.39, 0.29) is 0 Å². The van der Waals surface area contributed by atoms with Gasteiger partial charge < -0.3 is 0 Å². The van der Waals surface area contributed by atoms with Crippen molar-refractivity contribution in [2.75, 3.05) is 0 Å². The van der Waals surface area contributed by atoms with E-state index in [1.54, 1.807) is 0 Å². The third-order valence-corrected chi connectivity index (χ3v) is 2.38. The van der Waals surface area contributed by atoms with Crippen molar-refractivity contribution in [2.24, 2.45) is 11.8 Å². The lowest BCUT2D eigenvalue weighted by molar-refractivity contribution is -0.117. The summed E-state index contributed by atoms with van der Waals surface area (Å²) in [5, 5.41) is 0. The van der Waals surface area contributed by atoms with Crippen molar-refractivity contribution in [3.63, 3.8) is 0 Å². The zero-order chi connectivity index (χ0) is 6.27. The summed E-state index contributed by atoms with van der Waals surface area (Å²) >= 11 is 0. The minimum atomic E-state index is 0.467. The van der Waals surface area contributed by atoms with Crippen LogP contribution in [0, 0.1) is 11.8 Å². The molecule has 0 amide bonds. The first-order valence-corrected chi connectivity index (χ1v) is 3.54. The van der Waals surface area contributed by atoms with Gasteiger partial charge >= 0.3 is 0 Å². The Hall–Kier alpha value is -0.590. The molecular weight excluding hydrogens is 112 g/mol. The molecule has 0 aromatic rings. The van der Waals surface area contributed by atoms with Gasteiger partial charge in [-0.1, -0.05) is 12.2 Å². The van der Waals surface area contributed by atoms with Crippen molar-refractivity contribution >= 4 is 5.78 Å². The first-order chi connectivity index (χ1) is 4.36. The topological polar surface area (TPSA) is 17.1 Å². The van der Waals surface area contributed by atoms with Crippen LogP contribution >= 0.6 is 0 Å². The molecule has 0 saturated heterocycles. The maximum atomic E-state index is 10.8. The highest BCUT2D eigenvalue weighted by atomic mass is 16.1. The monoisotopic (exact) mass is 122 g/mol. The van der Waals surface area contributed by atoms with E-state index in [4.69, 9.17) is 0 Å². The molecule has 2 aliphatic rings. The molecule has 1 heteroatoms. The van der Waals surface area contributed by atoms with Gasteiger partial charge in [0.25, 0.3) is 0 Å². The first-order valence-electron chi connectivity index (χ1n) is 3.54. The Morgan fingerprint density at radius 1 is 1.44 bits per heavy atom. The molecule has 9 heavy (non-hydrogen) atoms. The molecule has 0 aromatic carbocycles.